The highest BCUT2D eigenvalue weighted by atomic mass is 79.9. The van der Waals surface area contributed by atoms with Crippen molar-refractivity contribution in [1.82, 2.24) is 0 Å². The highest BCUT2D eigenvalue weighted by molar-refractivity contribution is 9.10. The Morgan fingerprint density at radius 3 is 2.40 bits per heavy atom. The van der Waals surface area contributed by atoms with E-state index in [9.17, 15) is 13.2 Å². The van der Waals surface area contributed by atoms with Gasteiger partial charge in [-0.2, -0.15) is 13.2 Å². The lowest BCUT2D eigenvalue weighted by Crippen LogP contribution is -2.11. The molecule has 1 unspecified atom stereocenters. The zero-order valence-corrected chi connectivity index (χ0v) is 9.69. The number of rotatable bonds is 2. The Balaban J connectivity index is 3.17. The van der Waals surface area contributed by atoms with Crippen LogP contribution in [0.3, 0.4) is 0 Å². The average Bonchev–Trinajstić information content (AvgIpc) is 2.14. The second kappa shape index (κ2) is 4.53. The van der Waals surface area contributed by atoms with Crippen LogP contribution >= 0.6 is 15.9 Å². The molecule has 15 heavy (non-hydrogen) atoms. The monoisotopic (exact) mass is 281 g/mol. The summed E-state index contributed by atoms with van der Waals surface area (Å²) in [6, 6.07) is 3.86. The van der Waals surface area contributed by atoms with Crippen molar-refractivity contribution in [3.63, 3.8) is 0 Å². The Morgan fingerprint density at radius 2 is 1.93 bits per heavy atom. The van der Waals surface area contributed by atoms with E-state index < -0.39 is 11.7 Å². The van der Waals surface area contributed by atoms with E-state index >= 15 is 0 Å². The summed E-state index contributed by atoms with van der Waals surface area (Å²) < 4.78 is 37.8. The molecule has 0 fully saturated rings. The molecule has 84 valence electrons. The molecule has 1 atom stereocenters. The molecule has 0 heterocycles. The Hall–Kier alpha value is -0.550. The van der Waals surface area contributed by atoms with Crippen molar-refractivity contribution >= 4 is 15.9 Å². The summed E-state index contributed by atoms with van der Waals surface area (Å²) in [6.45, 7) is 2.12. The van der Waals surface area contributed by atoms with Gasteiger partial charge in [-0.25, -0.2) is 0 Å². The maximum absolute atomic E-state index is 12.5. The first-order valence-electron chi connectivity index (χ1n) is 4.42. The van der Waals surface area contributed by atoms with Gasteiger partial charge in [-0.3, -0.25) is 0 Å². The van der Waals surface area contributed by atoms with Crippen LogP contribution < -0.4 is 5.73 Å². The van der Waals surface area contributed by atoms with Crippen LogP contribution in [0.15, 0.2) is 22.7 Å². The normalized spacial score (nSPS) is 14.0. The maximum Gasteiger partial charge on any atom is 0.416 e. The van der Waals surface area contributed by atoms with Gasteiger partial charge in [0.15, 0.2) is 0 Å². The van der Waals surface area contributed by atoms with Crippen LogP contribution in [0.25, 0.3) is 0 Å². The smallest absolute Gasteiger partial charge is 0.330 e. The van der Waals surface area contributed by atoms with Gasteiger partial charge in [-0.1, -0.05) is 22.9 Å². The van der Waals surface area contributed by atoms with Crippen molar-refractivity contribution in [3.05, 3.63) is 33.8 Å². The van der Waals surface area contributed by atoms with Gasteiger partial charge in [0.25, 0.3) is 0 Å². The number of benzene rings is 1. The van der Waals surface area contributed by atoms with Gasteiger partial charge in [0.2, 0.25) is 0 Å². The summed E-state index contributed by atoms with van der Waals surface area (Å²) in [5.41, 5.74) is 5.37. The van der Waals surface area contributed by atoms with E-state index in [1.807, 2.05) is 0 Å². The van der Waals surface area contributed by atoms with Gasteiger partial charge in [0.05, 0.1) is 5.56 Å². The van der Waals surface area contributed by atoms with Crippen LogP contribution in [0.1, 0.15) is 24.0 Å². The van der Waals surface area contributed by atoms with Gasteiger partial charge < -0.3 is 5.73 Å². The minimum absolute atomic E-state index is 0.0800. The number of nitrogens with two attached hydrogens (primary N) is 1. The summed E-state index contributed by atoms with van der Waals surface area (Å²) in [5, 5.41) is 0. The zero-order valence-electron chi connectivity index (χ0n) is 8.11. The lowest BCUT2D eigenvalue weighted by Gasteiger charge is -2.13. The van der Waals surface area contributed by atoms with Crippen LogP contribution in [0.2, 0.25) is 0 Å². The SMILES string of the molecule is CC(CN)c1cc(Br)cc(C(F)(F)F)c1. The van der Waals surface area contributed by atoms with Crippen molar-refractivity contribution in [2.75, 3.05) is 6.54 Å². The largest absolute Gasteiger partial charge is 0.416 e. The molecular formula is C10H11BrF3N. The summed E-state index contributed by atoms with van der Waals surface area (Å²) in [7, 11) is 0. The topological polar surface area (TPSA) is 26.0 Å². The van der Waals surface area contributed by atoms with Crippen molar-refractivity contribution in [3.8, 4) is 0 Å². The molecule has 0 spiro atoms. The summed E-state index contributed by atoms with van der Waals surface area (Å²) in [4.78, 5) is 0. The highest BCUT2D eigenvalue weighted by Gasteiger charge is 2.31. The summed E-state index contributed by atoms with van der Waals surface area (Å²) in [5.74, 6) is -0.0800. The van der Waals surface area contributed by atoms with E-state index in [1.54, 1.807) is 13.0 Å². The van der Waals surface area contributed by atoms with Crippen LogP contribution in [0.4, 0.5) is 13.2 Å². The van der Waals surface area contributed by atoms with Crippen molar-refractivity contribution < 1.29 is 13.2 Å². The Morgan fingerprint density at radius 1 is 1.33 bits per heavy atom. The van der Waals surface area contributed by atoms with E-state index in [0.29, 0.717) is 16.6 Å². The lowest BCUT2D eigenvalue weighted by atomic mass is 9.99. The van der Waals surface area contributed by atoms with E-state index in [0.717, 1.165) is 12.1 Å². The molecule has 5 heteroatoms. The third kappa shape index (κ3) is 3.21. The molecule has 0 radical (unpaired) electrons. The molecule has 0 aromatic heterocycles. The molecule has 0 bridgehead atoms. The number of halogens is 4. The summed E-state index contributed by atoms with van der Waals surface area (Å²) >= 11 is 3.06. The first-order valence-corrected chi connectivity index (χ1v) is 5.21. The molecule has 1 rings (SSSR count). The Kier molecular flexibility index (Phi) is 3.78. The van der Waals surface area contributed by atoms with Gasteiger partial charge in [0.1, 0.15) is 0 Å². The first kappa shape index (κ1) is 12.5. The van der Waals surface area contributed by atoms with Crippen LogP contribution in [0.5, 0.6) is 0 Å². The molecule has 1 nitrogen and oxygen atoms in total. The molecule has 0 saturated carbocycles. The summed E-state index contributed by atoms with van der Waals surface area (Å²) in [6.07, 6.45) is -4.31. The highest BCUT2D eigenvalue weighted by Crippen LogP contribution is 2.33. The molecule has 2 N–H and O–H groups in total. The first-order chi connectivity index (χ1) is 6.84. The minimum Gasteiger partial charge on any atom is -0.330 e. The van der Waals surface area contributed by atoms with Crippen molar-refractivity contribution in [1.29, 1.82) is 0 Å². The van der Waals surface area contributed by atoms with Crippen LogP contribution in [-0.2, 0) is 6.18 Å². The molecule has 0 aliphatic rings. The second-order valence-electron chi connectivity index (χ2n) is 3.41. The predicted molar refractivity (Wildman–Crippen MR) is 56.6 cm³/mol. The fourth-order valence-electron chi connectivity index (χ4n) is 1.20. The van der Waals surface area contributed by atoms with Gasteiger partial charge in [-0.05, 0) is 36.2 Å². The second-order valence-corrected chi connectivity index (χ2v) is 4.32. The Bertz CT molecular complexity index is 349. The quantitative estimate of drug-likeness (QED) is 0.882. The fourth-order valence-corrected chi connectivity index (χ4v) is 1.71. The zero-order chi connectivity index (χ0) is 11.6. The van der Waals surface area contributed by atoms with Gasteiger partial charge in [-0.15, -0.1) is 0 Å². The fraction of sp³-hybridized carbons (Fsp3) is 0.400. The lowest BCUT2D eigenvalue weighted by molar-refractivity contribution is -0.137. The predicted octanol–water partition coefficient (Wildman–Crippen LogP) is 3.53. The minimum atomic E-state index is -4.31. The number of alkyl halides is 3. The molecular weight excluding hydrogens is 271 g/mol. The molecule has 0 amide bonds. The van der Waals surface area contributed by atoms with Crippen LogP contribution in [0, 0.1) is 0 Å². The van der Waals surface area contributed by atoms with Gasteiger partial charge in [0, 0.05) is 4.47 Å². The molecule has 0 aliphatic carbocycles. The third-order valence-electron chi connectivity index (χ3n) is 2.17. The Labute approximate surface area is 94.6 Å². The standard InChI is InChI=1S/C10H11BrF3N/c1-6(5-15)7-2-8(10(12,13)14)4-9(11)3-7/h2-4,6H,5,15H2,1H3. The van der Waals surface area contributed by atoms with Crippen molar-refractivity contribution in [2.24, 2.45) is 5.73 Å². The molecule has 0 aliphatic heterocycles. The number of hydrogen-bond donors (Lipinski definition) is 1. The molecule has 1 aromatic rings. The average molecular weight is 282 g/mol. The van der Waals surface area contributed by atoms with E-state index in [1.165, 1.54) is 0 Å². The number of hydrogen-bond acceptors (Lipinski definition) is 1. The molecule has 1 aromatic carbocycles. The molecule has 0 saturated heterocycles. The van der Waals surface area contributed by atoms with Gasteiger partial charge >= 0.3 is 6.18 Å². The van der Waals surface area contributed by atoms with E-state index in [4.69, 9.17) is 5.73 Å². The van der Waals surface area contributed by atoms with Crippen LogP contribution in [-0.4, -0.2) is 6.54 Å². The van der Waals surface area contributed by atoms with Crippen molar-refractivity contribution in [2.45, 2.75) is 19.0 Å². The van der Waals surface area contributed by atoms with E-state index in [2.05, 4.69) is 15.9 Å². The third-order valence-corrected chi connectivity index (χ3v) is 2.63. The van der Waals surface area contributed by atoms with E-state index in [-0.39, 0.29) is 5.92 Å². The maximum atomic E-state index is 12.5.